The van der Waals surface area contributed by atoms with E-state index in [1.165, 1.54) is 25.3 Å². The molecule has 0 aromatic heterocycles. The first-order valence-corrected chi connectivity index (χ1v) is 9.92. The van der Waals surface area contributed by atoms with Gasteiger partial charge in [-0.15, -0.1) is 0 Å². The Morgan fingerprint density at radius 1 is 1.10 bits per heavy atom. The van der Waals surface area contributed by atoms with E-state index >= 15 is 0 Å². The fourth-order valence-electron chi connectivity index (χ4n) is 3.79. The molecule has 0 unspecified atom stereocenters. The highest BCUT2D eigenvalue weighted by Crippen LogP contribution is 2.31. The molecule has 30 heavy (non-hydrogen) atoms. The van der Waals surface area contributed by atoms with Crippen LogP contribution in [0.5, 0.6) is 0 Å². The molecule has 1 fully saturated rings. The largest absolute Gasteiger partial charge is 0.467 e. The van der Waals surface area contributed by atoms with Gasteiger partial charge in [-0.3, -0.25) is 14.9 Å². The molecule has 1 amide bonds. The van der Waals surface area contributed by atoms with Crippen LogP contribution >= 0.6 is 0 Å². The molecule has 158 valence electrons. The van der Waals surface area contributed by atoms with Crippen molar-refractivity contribution in [1.82, 2.24) is 5.32 Å². The molecule has 1 aliphatic rings. The number of benzene rings is 2. The topological polar surface area (TPSA) is 111 Å². The third-order valence-corrected chi connectivity index (χ3v) is 5.42. The van der Waals surface area contributed by atoms with E-state index in [0.717, 1.165) is 24.8 Å². The van der Waals surface area contributed by atoms with E-state index in [1.54, 1.807) is 0 Å². The summed E-state index contributed by atoms with van der Waals surface area (Å²) in [5.41, 5.74) is 0.144. The Kier molecular flexibility index (Phi) is 6.66. The van der Waals surface area contributed by atoms with E-state index in [4.69, 9.17) is 4.74 Å². The second-order valence-electron chi connectivity index (χ2n) is 7.42. The molecule has 2 aromatic carbocycles. The SMILES string of the molecule is COC(=O)C1(NC(=O)c2ccc(NCc3ccccc3)c([N+](=O)[O-])c2)CCCCC1. The minimum absolute atomic E-state index is 0.126. The van der Waals surface area contributed by atoms with Gasteiger partial charge in [0, 0.05) is 18.2 Å². The molecule has 3 rings (SSSR count). The van der Waals surface area contributed by atoms with E-state index in [1.807, 2.05) is 30.3 Å². The van der Waals surface area contributed by atoms with Crippen LogP contribution in [-0.2, 0) is 16.1 Å². The Hall–Kier alpha value is -3.42. The number of amides is 1. The van der Waals surface area contributed by atoms with Crippen LogP contribution in [-0.4, -0.2) is 29.4 Å². The number of nitro groups is 1. The van der Waals surface area contributed by atoms with Gasteiger partial charge in [0.2, 0.25) is 0 Å². The number of hydrogen-bond donors (Lipinski definition) is 2. The number of nitrogens with zero attached hydrogens (tertiary/aromatic N) is 1. The molecular weight excluding hydrogens is 386 g/mol. The molecule has 8 nitrogen and oxygen atoms in total. The van der Waals surface area contributed by atoms with Crippen molar-refractivity contribution in [2.45, 2.75) is 44.2 Å². The lowest BCUT2D eigenvalue weighted by molar-refractivity contribution is -0.384. The van der Waals surface area contributed by atoms with Crippen molar-refractivity contribution in [1.29, 1.82) is 0 Å². The van der Waals surface area contributed by atoms with Crippen LogP contribution in [0.4, 0.5) is 11.4 Å². The summed E-state index contributed by atoms with van der Waals surface area (Å²) in [5.74, 6) is -1.01. The first kappa shape index (κ1) is 21.3. The molecule has 0 bridgehead atoms. The van der Waals surface area contributed by atoms with E-state index in [2.05, 4.69) is 10.6 Å². The molecule has 2 aromatic rings. The fraction of sp³-hybridized carbons (Fsp3) is 0.364. The minimum Gasteiger partial charge on any atom is -0.467 e. The summed E-state index contributed by atoms with van der Waals surface area (Å²) in [4.78, 5) is 36.2. The lowest BCUT2D eigenvalue weighted by Gasteiger charge is -2.35. The molecule has 8 heteroatoms. The lowest BCUT2D eigenvalue weighted by Crippen LogP contribution is -2.56. The first-order valence-electron chi connectivity index (χ1n) is 9.92. The molecule has 1 saturated carbocycles. The van der Waals surface area contributed by atoms with E-state index in [0.29, 0.717) is 25.1 Å². The van der Waals surface area contributed by atoms with Gasteiger partial charge in [-0.05, 0) is 30.5 Å². The van der Waals surface area contributed by atoms with E-state index in [-0.39, 0.29) is 11.3 Å². The number of hydrogen-bond acceptors (Lipinski definition) is 6. The highest BCUT2D eigenvalue weighted by Gasteiger charge is 2.42. The molecule has 0 radical (unpaired) electrons. The number of ether oxygens (including phenoxy) is 1. The molecule has 0 spiro atoms. The van der Waals surface area contributed by atoms with Gasteiger partial charge >= 0.3 is 5.97 Å². The Morgan fingerprint density at radius 3 is 2.43 bits per heavy atom. The second kappa shape index (κ2) is 9.39. The first-order chi connectivity index (χ1) is 14.4. The van der Waals surface area contributed by atoms with Gasteiger partial charge in [-0.25, -0.2) is 4.79 Å². The zero-order chi connectivity index (χ0) is 21.6. The number of esters is 1. The van der Waals surface area contributed by atoms with Crippen molar-refractivity contribution < 1.29 is 19.2 Å². The standard InChI is InChI=1S/C22H25N3O5/c1-30-21(27)22(12-6-3-7-13-22)24-20(26)17-10-11-18(19(14-17)25(28)29)23-15-16-8-4-2-5-9-16/h2,4-5,8-11,14,23H,3,6-7,12-13,15H2,1H3,(H,24,26). The van der Waals surface area contributed by atoms with Crippen molar-refractivity contribution in [3.8, 4) is 0 Å². The minimum atomic E-state index is -1.08. The number of methoxy groups -OCH3 is 1. The van der Waals surface area contributed by atoms with Crippen LogP contribution in [0.1, 0.15) is 48.0 Å². The Balaban J connectivity index is 1.79. The van der Waals surface area contributed by atoms with Gasteiger partial charge in [0.15, 0.2) is 0 Å². The fourth-order valence-corrected chi connectivity index (χ4v) is 3.79. The molecule has 0 aliphatic heterocycles. The molecule has 0 atom stereocenters. The van der Waals surface area contributed by atoms with Crippen LogP contribution in [0.15, 0.2) is 48.5 Å². The van der Waals surface area contributed by atoms with Crippen LogP contribution in [0.3, 0.4) is 0 Å². The zero-order valence-corrected chi connectivity index (χ0v) is 16.8. The van der Waals surface area contributed by atoms with E-state index in [9.17, 15) is 19.7 Å². The maximum Gasteiger partial charge on any atom is 0.331 e. The molecular formula is C22H25N3O5. The van der Waals surface area contributed by atoms with Crippen molar-refractivity contribution >= 4 is 23.3 Å². The summed E-state index contributed by atoms with van der Waals surface area (Å²) in [6.45, 7) is 0.415. The van der Waals surface area contributed by atoms with Gasteiger partial charge in [0.05, 0.1) is 12.0 Å². The monoisotopic (exact) mass is 411 g/mol. The van der Waals surface area contributed by atoms with Crippen LogP contribution in [0.2, 0.25) is 0 Å². The maximum atomic E-state index is 12.8. The Labute approximate surface area is 174 Å². The second-order valence-corrected chi connectivity index (χ2v) is 7.42. The van der Waals surface area contributed by atoms with Crippen molar-refractivity contribution in [3.05, 3.63) is 69.8 Å². The molecule has 1 aliphatic carbocycles. The maximum absolute atomic E-state index is 12.8. The number of carbonyl (C=O) groups excluding carboxylic acids is 2. The number of carbonyl (C=O) groups is 2. The smallest absolute Gasteiger partial charge is 0.331 e. The third-order valence-electron chi connectivity index (χ3n) is 5.42. The Morgan fingerprint density at radius 2 is 1.80 bits per heavy atom. The molecule has 0 heterocycles. The van der Waals surface area contributed by atoms with Crippen molar-refractivity contribution in [2.24, 2.45) is 0 Å². The number of nitro benzene ring substituents is 1. The van der Waals surface area contributed by atoms with Gasteiger partial charge < -0.3 is 15.4 Å². The molecule has 2 N–H and O–H groups in total. The zero-order valence-electron chi connectivity index (χ0n) is 16.8. The lowest BCUT2D eigenvalue weighted by atomic mass is 9.81. The predicted molar refractivity (Wildman–Crippen MR) is 112 cm³/mol. The number of anilines is 1. The summed E-state index contributed by atoms with van der Waals surface area (Å²) in [7, 11) is 1.29. The summed E-state index contributed by atoms with van der Waals surface area (Å²) in [6, 6.07) is 13.8. The highest BCUT2D eigenvalue weighted by atomic mass is 16.6. The van der Waals surface area contributed by atoms with Crippen molar-refractivity contribution in [2.75, 3.05) is 12.4 Å². The van der Waals surface area contributed by atoms with Gasteiger partial charge in [-0.1, -0.05) is 49.6 Å². The van der Waals surface area contributed by atoms with Crippen molar-refractivity contribution in [3.63, 3.8) is 0 Å². The molecule has 0 saturated heterocycles. The average molecular weight is 411 g/mol. The summed E-state index contributed by atoms with van der Waals surface area (Å²) in [5, 5.41) is 17.4. The summed E-state index contributed by atoms with van der Waals surface area (Å²) in [6.07, 6.45) is 3.58. The normalized spacial score (nSPS) is 15.1. The van der Waals surface area contributed by atoms with Gasteiger partial charge in [0.25, 0.3) is 11.6 Å². The summed E-state index contributed by atoms with van der Waals surface area (Å²) >= 11 is 0. The Bertz CT molecular complexity index is 924. The van der Waals surface area contributed by atoms with Crippen LogP contribution < -0.4 is 10.6 Å². The van der Waals surface area contributed by atoms with Crippen LogP contribution in [0, 0.1) is 10.1 Å². The van der Waals surface area contributed by atoms with E-state index < -0.39 is 22.3 Å². The summed E-state index contributed by atoms with van der Waals surface area (Å²) < 4.78 is 4.91. The van der Waals surface area contributed by atoms with Gasteiger partial charge in [-0.2, -0.15) is 0 Å². The average Bonchev–Trinajstić information content (AvgIpc) is 2.78. The predicted octanol–water partition coefficient (Wildman–Crippen LogP) is 3.81. The number of nitrogens with one attached hydrogen (secondary N) is 2. The number of rotatable bonds is 7. The third kappa shape index (κ3) is 4.76. The van der Waals surface area contributed by atoms with Crippen LogP contribution in [0.25, 0.3) is 0 Å². The highest BCUT2D eigenvalue weighted by molar-refractivity contribution is 5.99. The quantitative estimate of drug-likeness (QED) is 0.407. The van der Waals surface area contributed by atoms with Gasteiger partial charge in [0.1, 0.15) is 11.2 Å².